The van der Waals surface area contributed by atoms with Crippen molar-refractivity contribution in [3.05, 3.63) is 45.7 Å². The molecule has 2 aliphatic heterocycles. The smallest absolute Gasteiger partial charge is 0.258 e. The number of aromatic nitrogens is 2. The van der Waals surface area contributed by atoms with Crippen molar-refractivity contribution in [3.63, 3.8) is 0 Å². The van der Waals surface area contributed by atoms with Gasteiger partial charge in [-0.25, -0.2) is 0 Å². The van der Waals surface area contributed by atoms with Crippen LogP contribution >= 0.6 is 0 Å². The van der Waals surface area contributed by atoms with Crippen LogP contribution in [-0.4, -0.2) is 53.9 Å². The number of carbonyl (C=O) groups is 3. The topological polar surface area (TPSA) is 133 Å². The number of ether oxygens (including phenoxy) is 1. The normalized spacial score (nSPS) is 18.4. The Bertz CT molecular complexity index is 1060. The third-order valence-electron chi connectivity index (χ3n) is 5.12. The summed E-state index contributed by atoms with van der Waals surface area (Å²) in [5, 5.41) is 5.31. The van der Waals surface area contributed by atoms with Crippen molar-refractivity contribution < 1.29 is 19.1 Å². The Morgan fingerprint density at radius 1 is 1.17 bits per heavy atom. The van der Waals surface area contributed by atoms with Crippen molar-refractivity contribution in [2.24, 2.45) is 0 Å². The number of hydrogen-bond donors (Lipinski definition) is 3. The summed E-state index contributed by atoms with van der Waals surface area (Å²) in [6.07, 6.45) is -0.161. The first-order valence-corrected chi connectivity index (χ1v) is 9.61. The van der Waals surface area contributed by atoms with E-state index < -0.39 is 17.4 Å². The summed E-state index contributed by atoms with van der Waals surface area (Å²) in [6.45, 7) is 3.61. The van der Waals surface area contributed by atoms with E-state index in [1.807, 2.05) is 4.90 Å². The number of H-pyrrole nitrogens is 1. The second-order valence-corrected chi connectivity index (χ2v) is 7.18. The fourth-order valence-electron chi connectivity index (χ4n) is 3.53. The minimum absolute atomic E-state index is 0.0839. The molecule has 4 rings (SSSR count). The number of nitrogens with zero attached hydrogens (tertiary/aromatic N) is 2. The largest absolute Gasteiger partial charge is 0.378 e. The lowest BCUT2D eigenvalue weighted by molar-refractivity contribution is -0.123. The van der Waals surface area contributed by atoms with Gasteiger partial charge in [0.2, 0.25) is 17.8 Å². The number of nitrogens with one attached hydrogen (secondary N) is 3. The third kappa shape index (κ3) is 3.94. The Labute approximate surface area is 171 Å². The number of morpholine rings is 1. The number of benzene rings is 1. The second-order valence-electron chi connectivity index (χ2n) is 7.18. The zero-order valence-electron chi connectivity index (χ0n) is 16.4. The number of fused-ring (bicyclic) bond motifs is 1. The summed E-state index contributed by atoms with van der Waals surface area (Å²) < 4.78 is 5.30. The molecule has 0 unspecified atom stereocenters. The summed E-state index contributed by atoms with van der Waals surface area (Å²) in [5.41, 5.74) is 0.650. The fraction of sp³-hybridized carbons (Fsp3) is 0.350. The molecule has 1 saturated heterocycles. The fourth-order valence-corrected chi connectivity index (χ4v) is 3.53. The van der Waals surface area contributed by atoms with Gasteiger partial charge in [-0.3, -0.25) is 24.2 Å². The first-order valence-electron chi connectivity index (χ1n) is 9.61. The van der Waals surface area contributed by atoms with E-state index in [0.717, 1.165) is 0 Å². The average Bonchev–Trinajstić information content (AvgIpc) is 2.73. The number of anilines is 3. The number of amides is 2. The van der Waals surface area contributed by atoms with Crippen molar-refractivity contribution in [1.82, 2.24) is 9.97 Å². The molecule has 30 heavy (non-hydrogen) atoms. The summed E-state index contributed by atoms with van der Waals surface area (Å²) in [7, 11) is 0. The van der Waals surface area contributed by atoms with Gasteiger partial charge in [0.15, 0.2) is 5.78 Å². The summed E-state index contributed by atoms with van der Waals surface area (Å²) in [4.78, 5) is 58.2. The van der Waals surface area contributed by atoms with Gasteiger partial charge in [0, 0.05) is 30.8 Å². The zero-order valence-corrected chi connectivity index (χ0v) is 16.4. The van der Waals surface area contributed by atoms with Crippen molar-refractivity contribution in [2.45, 2.75) is 19.3 Å². The molecule has 10 nitrogen and oxygen atoms in total. The SMILES string of the molecule is CC(=O)c1ccc(NC(=O)[C@H]2CC(=O)Nc3nc(N4CCOCC4)[nH]c(=O)c32)cc1. The van der Waals surface area contributed by atoms with E-state index >= 15 is 0 Å². The third-order valence-corrected chi connectivity index (χ3v) is 5.12. The van der Waals surface area contributed by atoms with E-state index in [4.69, 9.17) is 4.74 Å². The van der Waals surface area contributed by atoms with Gasteiger partial charge in [0.1, 0.15) is 5.82 Å². The van der Waals surface area contributed by atoms with Crippen LogP contribution in [0.5, 0.6) is 0 Å². The van der Waals surface area contributed by atoms with E-state index in [1.54, 1.807) is 24.3 Å². The van der Waals surface area contributed by atoms with Crippen LogP contribution in [0.4, 0.5) is 17.5 Å². The molecule has 0 saturated carbocycles. The van der Waals surface area contributed by atoms with Crippen LogP contribution < -0.4 is 21.1 Å². The molecule has 0 bridgehead atoms. The van der Waals surface area contributed by atoms with E-state index in [-0.39, 0.29) is 29.5 Å². The standard InChI is InChI=1S/C20H21N5O5/c1-11(26)12-2-4-13(5-3-12)21-18(28)14-10-15(27)22-17-16(14)19(29)24-20(23-17)25-6-8-30-9-7-25/h2-5,14H,6-10H2,1H3,(H,21,28)(H2,22,23,24,27,29)/t14-/m0/s1. The number of aromatic amines is 1. The molecule has 1 atom stereocenters. The van der Waals surface area contributed by atoms with E-state index in [1.165, 1.54) is 6.92 Å². The molecule has 0 spiro atoms. The molecule has 2 aliphatic rings. The maximum absolute atomic E-state index is 12.9. The minimum atomic E-state index is -0.976. The molecule has 1 aromatic carbocycles. The van der Waals surface area contributed by atoms with E-state index in [0.29, 0.717) is 43.5 Å². The average molecular weight is 411 g/mol. The van der Waals surface area contributed by atoms with Gasteiger partial charge in [-0.15, -0.1) is 0 Å². The molecule has 3 heterocycles. The van der Waals surface area contributed by atoms with Crippen LogP contribution in [-0.2, 0) is 14.3 Å². The van der Waals surface area contributed by atoms with Crippen LogP contribution in [0.1, 0.15) is 35.2 Å². The molecule has 10 heteroatoms. The summed E-state index contributed by atoms with van der Waals surface area (Å²) in [5.74, 6) is -1.50. The van der Waals surface area contributed by atoms with Crippen LogP contribution in [0.2, 0.25) is 0 Å². The van der Waals surface area contributed by atoms with Crippen molar-refractivity contribution >= 4 is 35.1 Å². The molecule has 2 aromatic rings. The number of Topliss-reactive ketones (excluding diaryl/α,β-unsaturated/α-hetero) is 1. The van der Waals surface area contributed by atoms with Crippen molar-refractivity contribution in [3.8, 4) is 0 Å². The van der Waals surface area contributed by atoms with Crippen LogP contribution in [0, 0.1) is 0 Å². The number of hydrogen-bond acceptors (Lipinski definition) is 7. The first-order chi connectivity index (χ1) is 14.4. The first kappa shape index (κ1) is 19.8. The van der Waals surface area contributed by atoms with Gasteiger partial charge < -0.3 is 20.3 Å². The summed E-state index contributed by atoms with van der Waals surface area (Å²) >= 11 is 0. The molecule has 1 fully saturated rings. The second kappa shape index (κ2) is 8.07. The van der Waals surface area contributed by atoms with Crippen LogP contribution in [0.3, 0.4) is 0 Å². The van der Waals surface area contributed by atoms with Crippen LogP contribution in [0.15, 0.2) is 29.1 Å². The maximum atomic E-state index is 12.9. The van der Waals surface area contributed by atoms with Gasteiger partial charge >= 0.3 is 0 Å². The molecular weight excluding hydrogens is 390 g/mol. The molecule has 0 radical (unpaired) electrons. The number of carbonyl (C=O) groups excluding carboxylic acids is 3. The van der Waals surface area contributed by atoms with Gasteiger partial charge in [-0.1, -0.05) is 0 Å². The predicted molar refractivity (Wildman–Crippen MR) is 109 cm³/mol. The van der Waals surface area contributed by atoms with Gasteiger partial charge in [-0.05, 0) is 31.2 Å². The van der Waals surface area contributed by atoms with Crippen LogP contribution in [0.25, 0.3) is 0 Å². The van der Waals surface area contributed by atoms with Crippen molar-refractivity contribution in [2.75, 3.05) is 41.8 Å². The Hall–Kier alpha value is -3.53. The van der Waals surface area contributed by atoms with Gasteiger partial charge in [0.05, 0.1) is 24.7 Å². The highest BCUT2D eigenvalue weighted by Crippen LogP contribution is 2.30. The van der Waals surface area contributed by atoms with E-state index in [2.05, 4.69) is 20.6 Å². The molecule has 0 aliphatic carbocycles. The zero-order chi connectivity index (χ0) is 21.3. The Kier molecular flexibility index (Phi) is 5.32. The molecular formula is C20H21N5O5. The van der Waals surface area contributed by atoms with E-state index in [9.17, 15) is 19.2 Å². The lowest BCUT2D eigenvalue weighted by Crippen LogP contribution is -2.41. The monoisotopic (exact) mass is 411 g/mol. The molecule has 1 aromatic heterocycles. The summed E-state index contributed by atoms with van der Waals surface area (Å²) in [6, 6.07) is 6.40. The molecule has 2 amide bonds. The van der Waals surface area contributed by atoms with Crippen molar-refractivity contribution in [1.29, 1.82) is 0 Å². The number of ketones is 1. The highest BCUT2D eigenvalue weighted by atomic mass is 16.5. The lowest BCUT2D eigenvalue weighted by Gasteiger charge is -2.29. The Morgan fingerprint density at radius 3 is 2.53 bits per heavy atom. The van der Waals surface area contributed by atoms with Gasteiger partial charge in [0.25, 0.3) is 5.56 Å². The quantitative estimate of drug-likeness (QED) is 0.636. The lowest BCUT2D eigenvalue weighted by atomic mass is 9.92. The Balaban J connectivity index is 1.60. The highest BCUT2D eigenvalue weighted by Gasteiger charge is 2.35. The van der Waals surface area contributed by atoms with Gasteiger partial charge in [-0.2, -0.15) is 4.98 Å². The molecule has 156 valence electrons. The predicted octanol–water partition coefficient (Wildman–Crippen LogP) is 0.874. The number of rotatable bonds is 4. The highest BCUT2D eigenvalue weighted by molar-refractivity contribution is 6.04. The Morgan fingerprint density at radius 2 is 1.87 bits per heavy atom. The minimum Gasteiger partial charge on any atom is -0.378 e. The maximum Gasteiger partial charge on any atom is 0.258 e. The molecule has 3 N–H and O–H groups in total.